The van der Waals surface area contributed by atoms with Crippen LogP contribution < -0.4 is 0 Å². The van der Waals surface area contributed by atoms with E-state index in [2.05, 4.69) is 45.1 Å². The second-order valence-electron chi connectivity index (χ2n) is 17.2. The molecule has 0 aromatic heterocycles. The summed E-state index contributed by atoms with van der Waals surface area (Å²) in [5, 5.41) is 0. The summed E-state index contributed by atoms with van der Waals surface area (Å²) in [7, 11) is 3.89. The highest BCUT2D eigenvalue weighted by molar-refractivity contribution is 5.71. The molecule has 9 heteroatoms. The van der Waals surface area contributed by atoms with Crippen LogP contribution in [0.5, 0.6) is 0 Å². The first-order valence-electron chi connectivity index (χ1n) is 24.9. The van der Waals surface area contributed by atoms with Crippen LogP contribution in [0.1, 0.15) is 233 Å². The van der Waals surface area contributed by atoms with Gasteiger partial charge in [0.25, 0.3) is 0 Å². The van der Waals surface area contributed by atoms with Crippen molar-refractivity contribution in [3.63, 3.8) is 0 Å². The molecule has 0 rings (SSSR count). The Morgan fingerprint density at radius 1 is 0.417 bits per heavy atom. The minimum absolute atomic E-state index is 0.00422. The van der Waals surface area contributed by atoms with E-state index < -0.39 is 18.0 Å². The van der Waals surface area contributed by atoms with Crippen LogP contribution in [0.25, 0.3) is 0 Å². The molecular formula is C51H93NO8. The molecule has 9 nitrogen and oxygen atoms in total. The van der Waals surface area contributed by atoms with Crippen molar-refractivity contribution >= 4 is 23.9 Å². The van der Waals surface area contributed by atoms with Crippen molar-refractivity contribution in [2.45, 2.75) is 245 Å². The predicted octanol–water partition coefficient (Wildman–Crippen LogP) is 13.5. The smallest absolute Gasteiger partial charge is 0.306 e. The molecule has 0 spiro atoms. The van der Waals surface area contributed by atoms with Crippen molar-refractivity contribution in [3.8, 4) is 0 Å². The summed E-state index contributed by atoms with van der Waals surface area (Å²) in [6, 6.07) is 0. The molecule has 0 saturated heterocycles. The third-order valence-electron chi connectivity index (χ3n) is 10.8. The van der Waals surface area contributed by atoms with Crippen LogP contribution in [0.15, 0.2) is 24.3 Å². The Labute approximate surface area is 368 Å². The molecule has 0 N–H and O–H groups in total. The zero-order valence-electron chi connectivity index (χ0n) is 39.6. The Balaban J connectivity index is 4.53. The maximum atomic E-state index is 12.8. The fraction of sp³-hybridized carbons (Fsp3) is 0.843. The quantitative estimate of drug-likeness (QED) is 0.0256. The van der Waals surface area contributed by atoms with Crippen LogP contribution in [0.4, 0.5) is 0 Å². The highest BCUT2D eigenvalue weighted by Gasteiger charge is 2.20. The first-order chi connectivity index (χ1) is 29.2. The molecule has 1 atom stereocenters. The summed E-state index contributed by atoms with van der Waals surface area (Å²) in [4.78, 5) is 52.4. The summed E-state index contributed by atoms with van der Waals surface area (Å²) < 4.78 is 22.5. The van der Waals surface area contributed by atoms with Gasteiger partial charge in [0.05, 0.1) is 0 Å². The topological polar surface area (TPSA) is 108 Å². The number of ether oxygens (including phenoxy) is 4. The molecule has 0 heterocycles. The van der Waals surface area contributed by atoms with E-state index >= 15 is 0 Å². The average molecular weight is 848 g/mol. The van der Waals surface area contributed by atoms with Crippen LogP contribution >= 0.6 is 0 Å². The maximum Gasteiger partial charge on any atom is 0.306 e. The molecule has 0 radical (unpaired) electrons. The van der Waals surface area contributed by atoms with Gasteiger partial charge >= 0.3 is 23.9 Å². The molecule has 1 unspecified atom stereocenters. The largest absolute Gasteiger partial charge is 0.462 e. The number of hydrogen-bond acceptors (Lipinski definition) is 9. The van der Waals surface area contributed by atoms with E-state index in [1.165, 1.54) is 89.9 Å². The molecule has 0 aromatic carbocycles. The normalized spacial score (nSPS) is 12.2. The Morgan fingerprint density at radius 2 is 0.783 bits per heavy atom. The molecule has 0 aliphatic rings. The number of allylic oxidation sites excluding steroid dienone is 4. The van der Waals surface area contributed by atoms with E-state index in [1.807, 2.05) is 19.0 Å². The van der Waals surface area contributed by atoms with E-state index in [9.17, 15) is 19.2 Å². The third-order valence-corrected chi connectivity index (χ3v) is 10.8. The summed E-state index contributed by atoms with van der Waals surface area (Å²) in [5.74, 6) is -1.29. The van der Waals surface area contributed by atoms with Gasteiger partial charge in [-0.05, 0) is 104 Å². The molecule has 0 aliphatic heterocycles. The Bertz CT molecular complexity index is 1060. The molecule has 60 heavy (non-hydrogen) atoms. The van der Waals surface area contributed by atoms with Gasteiger partial charge < -0.3 is 23.8 Å². The molecular weight excluding hydrogens is 755 g/mol. The number of nitrogens with zero attached hydrogens (tertiary/aromatic N) is 1. The lowest BCUT2D eigenvalue weighted by Gasteiger charge is -2.19. The number of rotatable bonds is 44. The van der Waals surface area contributed by atoms with Gasteiger partial charge in [-0.1, -0.05) is 148 Å². The van der Waals surface area contributed by atoms with Gasteiger partial charge in [-0.15, -0.1) is 0 Å². The SMILES string of the molecule is CCCCC/C=C/C/C=C/CCCCCCCC(=O)OCC(COC(=O)CCCCCC(=O)OC(CCCCCCCC)CCCCCCCC)OC(=O)CCCN(C)C. The number of carbonyl (C=O) groups excluding carboxylic acids is 4. The standard InChI is InChI=1S/C51H93NO8/c1-6-9-12-15-18-19-20-21-22-23-24-25-26-29-33-39-48(53)57-44-47(60-51(56)42-36-43-52(4)5)45-58-49(54)40-34-30-35-41-50(55)59-46(37-31-27-16-13-10-7-2)38-32-28-17-14-11-8-3/h18-19,21-22,46-47H,6-17,20,23-45H2,1-5H3/b19-18+,22-21+. The van der Waals surface area contributed by atoms with E-state index in [0.29, 0.717) is 38.5 Å². The Hall–Kier alpha value is -2.68. The van der Waals surface area contributed by atoms with E-state index in [-0.39, 0.29) is 44.1 Å². The van der Waals surface area contributed by atoms with Gasteiger partial charge in [0.15, 0.2) is 6.10 Å². The highest BCUT2D eigenvalue weighted by atomic mass is 16.6. The minimum Gasteiger partial charge on any atom is -0.462 e. The molecule has 0 fully saturated rings. The molecule has 0 amide bonds. The van der Waals surface area contributed by atoms with Gasteiger partial charge in [-0.25, -0.2) is 0 Å². The third kappa shape index (κ3) is 42.0. The zero-order chi connectivity index (χ0) is 44.2. The lowest BCUT2D eigenvalue weighted by molar-refractivity contribution is -0.167. The zero-order valence-corrected chi connectivity index (χ0v) is 39.6. The highest BCUT2D eigenvalue weighted by Crippen LogP contribution is 2.18. The molecule has 0 aliphatic carbocycles. The molecule has 0 aromatic rings. The molecule has 350 valence electrons. The Morgan fingerprint density at radius 3 is 1.28 bits per heavy atom. The van der Waals surface area contributed by atoms with Crippen molar-refractivity contribution in [2.75, 3.05) is 33.9 Å². The van der Waals surface area contributed by atoms with Crippen molar-refractivity contribution in [2.24, 2.45) is 0 Å². The number of esters is 4. The van der Waals surface area contributed by atoms with Gasteiger partial charge in [0, 0.05) is 25.7 Å². The van der Waals surface area contributed by atoms with E-state index in [4.69, 9.17) is 18.9 Å². The molecule has 0 bridgehead atoms. The summed E-state index contributed by atoms with van der Waals surface area (Å²) >= 11 is 0. The van der Waals surface area contributed by atoms with Crippen LogP contribution in [-0.2, 0) is 38.1 Å². The summed E-state index contributed by atoms with van der Waals surface area (Å²) in [6.07, 6.45) is 40.7. The Kier molecular flexibility index (Phi) is 42.4. The van der Waals surface area contributed by atoms with Gasteiger partial charge in [0.1, 0.15) is 19.3 Å². The van der Waals surface area contributed by atoms with Gasteiger partial charge in [-0.3, -0.25) is 19.2 Å². The number of carbonyl (C=O) groups is 4. The summed E-state index contributed by atoms with van der Waals surface area (Å²) in [5.41, 5.74) is 0. The number of hydrogen-bond donors (Lipinski definition) is 0. The fourth-order valence-corrected chi connectivity index (χ4v) is 7.02. The van der Waals surface area contributed by atoms with Gasteiger partial charge in [0.2, 0.25) is 0 Å². The van der Waals surface area contributed by atoms with Crippen LogP contribution in [0.3, 0.4) is 0 Å². The minimum atomic E-state index is -0.857. The first-order valence-corrected chi connectivity index (χ1v) is 24.9. The first kappa shape index (κ1) is 57.3. The number of unbranched alkanes of at least 4 members (excludes halogenated alkanes) is 20. The lowest BCUT2D eigenvalue weighted by Crippen LogP contribution is -2.31. The van der Waals surface area contributed by atoms with E-state index in [1.54, 1.807) is 0 Å². The van der Waals surface area contributed by atoms with Crippen molar-refractivity contribution in [1.82, 2.24) is 4.90 Å². The second-order valence-corrected chi connectivity index (χ2v) is 17.2. The average Bonchev–Trinajstić information content (AvgIpc) is 3.22. The monoisotopic (exact) mass is 848 g/mol. The fourth-order valence-electron chi connectivity index (χ4n) is 7.02. The van der Waals surface area contributed by atoms with Crippen LogP contribution in [0, 0.1) is 0 Å². The maximum absolute atomic E-state index is 12.8. The molecule has 0 saturated carbocycles. The second kappa shape index (κ2) is 44.4. The van der Waals surface area contributed by atoms with Crippen LogP contribution in [0.2, 0.25) is 0 Å². The predicted molar refractivity (Wildman–Crippen MR) is 248 cm³/mol. The van der Waals surface area contributed by atoms with Crippen LogP contribution in [-0.4, -0.2) is 74.8 Å². The van der Waals surface area contributed by atoms with E-state index in [0.717, 1.165) is 77.2 Å². The van der Waals surface area contributed by atoms with Crippen molar-refractivity contribution in [3.05, 3.63) is 24.3 Å². The lowest BCUT2D eigenvalue weighted by atomic mass is 10.0. The summed E-state index contributed by atoms with van der Waals surface area (Å²) in [6.45, 7) is 7.12. The van der Waals surface area contributed by atoms with Crippen molar-refractivity contribution in [1.29, 1.82) is 0 Å². The van der Waals surface area contributed by atoms with Gasteiger partial charge in [-0.2, -0.15) is 0 Å². The van der Waals surface area contributed by atoms with Crippen molar-refractivity contribution < 1.29 is 38.1 Å².